The van der Waals surface area contributed by atoms with Crippen LogP contribution in [0.25, 0.3) is 32.7 Å². The summed E-state index contributed by atoms with van der Waals surface area (Å²) >= 11 is 0. The topological polar surface area (TPSA) is 0 Å². The fourth-order valence-corrected chi connectivity index (χ4v) is 7.13. The van der Waals surface area contributed by atoms with Crippen molar-refractivity contribution in [1.82, 2.24) is 0 Å². The number of hydrogen-bond donors (Lipinski definition) is 0. The molecule has 0 amide bonds. The molecule has 0 aromatic heterocycles. The first-order valence-corrected chi connectivity index (χ1v) is 11.6. The first kappa shape index (κ1) is 16.2. The van der Waals surface area contributed by atoms with E-state index in [1.54, 1.807) is 0 Å². The van der Waals surface area contributed by atoms with E-state index in [2.05, 4.69) is 97.1 Å². The summed E-state index contributed by atoms with van der Waals surface area (Å²) in [6.45, 7) is 0. The van der Waals surface area contributed by atoms with Crippen LogP contribution in [0.3, 0.4) is 0 Å². The molecule has 0 fully saturated rings. The van der Waals surface area contributed by atoms with E-state index in [1.807, 2.05) is 0 Å². The quantitative estimate of drug-likeness (QED) is 0.215. The fraction of sp³-hybridized carbons (Fsp3) is 0.0741. The third-order valence-electron chi connectivity index (χ3n) is 6.01. The molecule has 0 radical (unpaired) electrons. The first-order chi connectivity index (χ1) is 13.9. The lowest BCUT2D eigenvalue weighted by Gasteiger charge is -2.21. The van der Waals surface area contributed by atoms with Crippen molar-refractivity contribution in [1.29, 1.82) is 0 Å². The Bertz CT molecular complexity index is 1220. The monoisotopic (exact) mass is 375 g/mol. The second kappa shape index (κ2) is 6.36. The maximum absolute atomic E-state index is 2.38. The van der Waals surface area contributed by atoms with Gasteiger partial charge in [-0.25, -0.2) is 6.07 Å². The standard InChI is InChI=1S/C27H20P/c1-5-11-24-19(7-1)13-15-21-17-28(23-9-3-4-10-23)18-22-16-14-20-8-2-6-12-25(20)27(22)26(21)24/h1-16H,17-18H2/q-1. The molecule has 5 aromatic carbocycles. The molecule has 0 saturated heterocycles. The molecule has 1 aliphatic rings. The SMILES string of the molecule is c1ccc2c3c(ccc2c1)CP(c1cc[cH-]c1)Cc1ccc2ccccc2c1-3. The average Bonchev–Trinajstić information content (AvgIpc) is 3.22. The van der Waals surface area contributed by atoms with E-state index in [4.69, 9.17) is 0 Å². The highest BCUT2D eigenvalue weighted by atomic mass is 31.1. The number of hydrogen-bond acceptors (Lipinski definition) is 0. The second-order valence-electron chi connectivity index (χ2n) is 7.64. The fourth-order valence-electron chi connectivity index (χ4n) is 4.71. The Morgan fingerprint density at radius 2 is 1.18 bits per heavy atom. The van der Waals surface area contributed by atoms with E-state index >= 15 is 0 Å². The second-order valence-corrected chi connectivity index (χ2v) is 9.87. The molecule has 5 aromatic rings. The van der Waals surface area contributed by atoms with Gasteiger partial charge >= 0.3 is 0 Å². The molecule has 0 nitrogen and oxygen atoms in total. The molecule has 0 N–H and O–H groups in total. The van der Waals surface area contributed by atoms with Crippen LogP contribution in [0.4, 0.5) is 0 Å². The van der Waals surface area contributed by atoms with Crippen molar-refractivity contribution in [3.05, 3.63) is 108 Å². The Morgan fingerprint density at radius 1 is 0.607 bits per heavy atom. The molecule has 0 spiro atoms. The van der Waals surface area contributed by atoms with Crippen LogP contribution in [0, 0.1) is 0 Å². The van der Waals surface area contributed by atoms with E-state index in [-0.39, 0.29) is 7.92 Å². The normalized spacial score (nSPS) is 14.0. The van der Waals surface area contributed by atoms with Gasteiger partial charge in [0.1, 0.15) is 0 Å². The molecule has 1 aliphatic heterocycles. The van der Waals surface area contributed by atoms with Crippen molar-refractivity contribution < 1.29 is 0 Å². The maximum atomic E-state index is 2.38. The Labute approximate surface area is 166 Å². The zero-order valence-electron chi connectivity index (χ0n) is 15.6. The van der Waals surface area contributed by atoms with Crippen molar-refractivity contribution >= 4 is 34.8 Å². The number of benzene rings is 4. The van der Waals surface area contributed by atoms with Crippen LogP contribution in [-0.2, 0) is 12.3 Å². The molecule has 0 atom stereocenters. The Hall–Kier alpha value is -2.82. The molecule has 0 saturated carbocycles. The van der Waals surface area contributed by atoms with Gasteiger partial charge in [-0.05, 0) is 56.1 Å². The van der Waals surface area contributed by atoms with E-state index in [1.165, 1.54) is 49.1 Å². The predicted octanol–water partition coefficient (Wildman–Crippen LogP) is 7.20. The van der Waals surface area contributed by atoms with Gasteiger partial charge in [-0.15, -0.1) is 7.92 Å². The van der Waals surface area contributed by atoms with Crippen LogP contribution in [0.2, 0.25) is 0 Å². The van der Waals surface area contributed by atoms with Crippen molar-refractivity contribution in [2.24, 2.45) is 0 Å². The highest BCUT2D eigenvalue weighted by Crippen LogP contribution is 2.52. The van der Waals surface area contributed by atoms with E-state index in [0.29, 0.717) is 0 Å². The van der Waals surface area contributed by atoms with Crippen LogP contribution < -0.4 is 5.30 Å². The van der Waals surface area contributed by atoms with Crippen LogP contribution in [0.5, 0.6) is 0 Å². The summed E-state index contributed by atoms with van der Waals surface area (Å²) in [5.74, 6) is 0. The molecular weight excluding hydrogens is 355 g/mol. The molecule has 0 unspecified atom stereocenters. The zero-order valence-corrected chi connectivity index (χ0v) is 16.5. The molecule has 0 bridgehead atoms. The number of fused-ring (bicyclic) bond motifs is 7. The highest BCUT2D eigenvalue weighted by Gasteiger charge is 2.23. The van der Waals surface area contributed by atoms with Gasteiger partial charge in [0.05, 0.1) is 0 Å². The summed E-state index contributed by atoms with van der Waals surface area (Å²) in [4.78, 5) is 0. The summed E-state index contributed by atoms with van der Waals surface area (Å²) in [6.07, 6.45) is 2.31. The maximum Gasteiger partial charge on any atom is -0.00608 e. The third kappa shape index (κ3) is 2.45. The van der Waals surface area contributed by atoms with Crippen molar-refractivity contribution in [2.75, 3.05) is 0 Å². The summed E-state index contributed by atoms with van der Waals surface area (Å²) in [5.41, 5.74) is 5.92. The summed E-state index contributed by atoms with van der Waals surface area (Å²) < 4.78 is 0. The van der Waals surface area contributed by atoms with E-state index < -0.39 is 0 Å². The van der Waals surface area contributed by atoms with Crippen LogP contribution in [0.1, 0.15) is 11.1 Å². The summed E-state index contributed by atoms with van der Waals surface area (Å²) in [6, 6.07) is 36.1. The lowest BCUT2D eigenvalue weighted by Crippen LogP contribution is -2.00. The minimum Gasteiger partial charge on any atom is -0.206 e. The molecule has 134 valence electrons. The molecule has 6 rings (SSSR count). The van der Waals surface area contributed by atoms with Gasteiger partial charge < -0.3 is 0 Å². The Morgan fingerprint density at radius 3 is 1.71 bits per heavy atom. The molecule has 1 heterocycles. The molecule has 0 aliphatic carbocycles. The molecular formula is C27H20P-. The van der Waals surface area contributed by atoms with Gasteiger partial charge in [0.25, 0.3) is 0 Å². The minimum atomic E-state index is -0.240. The summed E-state index contributed by atoms with van der Waals surface area (Å²) in [5, 5.41) is 6.96. The molecule has 28 heavy (non-hydrogen) atoms. The first-order valence-electron chi connectivity index (χ1n) is 9.87. The third-order valence-corrected chi connectivity index (χ3v) is 8.49. The van der Waals surface area contributed by atoms with Crippen molar-refractivity contribution in [2.45, 2.75) is 12.3 Å². The van der Waals surface area contributed by atoms with Gasteiger partial charge in [0.2, 0.25) is 0 Å². The number of rotatable bonds is 1. The largest absolute Gasteiger partial charge is 0.206 e. The van der Waals surface area contributed by atoms with Gasteiger partial charge in [0, 0.05) is 0 Å². The van der Waals surface area contributed by atoms with Crippen LogP contribution in [-0.4, -0.2) is 0 Å². The molecule has 1 heteroatoms. The van der Waals surface area contributed by atoms with Crippen molar-refractivity contribution in [3.8, 4) is 11.1 Å². The van der Waals surface area contributed by atoms with Gasteiger partial charge in [-0.2, -0.15) is 23.5 Å². The van der Waals surface area contributed by atoms with E-state index in [0.717, 1.165) is 12.3 Å². The average molecular weight is 375 g/mol. The predicted molar refractivity (Wildman–Crippen MR) is 123 cm³/mol. The Kier molecular flexibility index (Phi) is 3.67. The lowest BCUT2D eigenvalue weighted by molar-refractivity contribution is 1.40. The minimum absolute atomic E-state index is 0.240. The highest BCUT2D eigenvalue weighted by molar-refractivity contribution is 7.64. The van der Waals surface area contributed by atoms with E-state index in [9.17, 15) is 0 Å². The van der Waals surface area contributed by atoms with Gasteiger partial charge in [-0.3, -0.25) is 0 Å². The van der Waals surface area contributed by atoms with Crippen molar-refractivity contribution in [3.63, 3.8) is 0 Å². The van der Waals surface area contributed by atoms with Crippen LogP contribution in [0.15, 0.2) is 97.1 Å². The lowest BCUT2D eigenvalue weighted by atomic mass is 9.88. The zero-order chi connectivity index (χ0) is 18.5. The van der Waals surface area contributed by atoms with Gasteiger partial charge in [0.15, 0.2) is 0 Å². The van der Waals surface area contributed by atoms with Gasteiger partial charge in [-0.1, -0.05) is 72.8 Å². The smallest absolute Gasteiger partial charge is 0.00608 e. The Balaban J connectivity index is 1.74. The summed E-state index contributed by atoms with van der Waals surface area (Å²) in [7, 11) is -0.240. The van der Waals surface area contributed by atoms with Crippen LogP contribution >= 0.6 is 7.92 Å².